The molecule has 3 aromatic rings. The molecule has 6 nitrogen and oxygen atoms in total. The van der Waals surface area contributed by atoms with Gasteiger partial charge >= 0.3 is 0 Å². The molecule has 1 N–H and O–H groups in total. The quantitative estimate of drug-likeness (QED) is 0.580. The zero-order chi connectivity index (χ0) is 22.6. The lowest BCUT2D eigenvalue weighted by Crippen LogP contribution is -2.41. The highest BCUT2D eigenvalue weighted by molar-refractivity contribution is 5.79. The van der Waals surface area contributed by atoms with Crippen LogP contribution in [0.3, 0.4) is 0 Å². The van der Waals surface area contributed by atoms with Gasteiger partial charge in [0.25, 0.3) is 0 Å². The fourth-order valence-electron chi connectivity index (χ4n) is 5.30. The van der Waals surface area contributed by atoms with E-state index < -0.39 is 0 Å². The lowest BCUT2D eigenvalue weighted by molar-refractivity contribution is -0.121. The number of benzene rings is 2. The fourth-order valence-corrected chi connectivity index (χ4v) is 5.30. The first kappa shape index (κ1) is 21.9. The number of nitrogens with one attached hydrogen (secondary N) is 1. The Morgan fingerprint density at radius 2 is 1.82 bits per heavy atom. The highest BCUT2D eigenvalue weighted by Gasteiger charge is 2.35. The molecule has 2 heterocycles. The minimum atomic E-state index is 0.0707. The van der Waals surface area contributed by atoms with Crippen LogP contribution < -0.4 is 5.32 Å². The van der Waals surface area contributed by atoms with Crippen molar-refractivity contribution in [2.24, 2.45) is 0 Å². The zero-order valence-electron chi connectivity index (χ0n) is 19.2. The van der Waals surface area contributed by atoms with Crippen molar-refractivity contribution in [2.75, 3.05) is 33.4 Å². The van der Waals surface area contributed by atoms with E-state index in [0.29, 0.717) is 13.0 Å². The van der Waals surface area contributed by atoms with Gasteiger partial charge in [-0.15, -0.1) is 0 Å². The summed E-state index contributed by atoms with van der Waals surface area (Å²) in [6.45, 7) is 3.34. The van der Waals surface area contributed by atoms with Crippen LogP contribution in [0, 0.1) is 0 Å². The van der Waals surface area contributed by atoms with Crippen molar-refractivity contribution in [2.45, 2.75) is 37.6 Å². The van der Waals surface area contributed by atoms with E-state index in [1.165, 1.54) is 11.1 Å². The number of para-hydroxylation sites is 1. The Morgan fingerprint density at radius 1 is 1.06 bits per heavy atom. The van der Waals surface area contributed by atoms with Gasteiger partial charge in [0.1, 0.15) is 0 Å². The van der Waals surface area contributed by atoms with E-state index in [0.717, 1.165) is 56.0 Å². The minimum Gasteiger partial charge on any atom is -0.383 e. The van der Waals surface area contributed by atoms with E-state index in [1.54, 1.807) is 7.11 Å². The van der Waals surface area contributed by atoms with Crippen LogP contribution in [-0.2, 0) is 28.8 Å². The molecule has 0 bridgehead atoms. The summed E-state index contributed by atoms with van der Waals surface area (Å²) in [5.41, 5.74) is 5.75. The van der Waals surface area contributed by atoms with Crippen LogP contribution in [0.15, 0.2) is 60.7 Å². The van der Waals surface area contributed by atoms with Gasteiger partial charge in [-0.05, 0) is 42.5 Å². The molecule has 1 aliphatic carbocycles. The molecule has 1 aliphatic heterocycles. The summed E-state index contributed by atoms with van der Waals surface area (Å²) in [6, 6.07) is 20.8. The van der Waals surface area contributed by atoms with E-state index in [9.17, 15) is 4.79 Å². The molecule has 6 heteroatoms. The number of hydrogen-bond acceptors (Lipinski definition) is 4. The molecule has 1 saturated heterocycles. The number of carbonyl (C=O) groups is 1. The first-order chi connectivity index (χ1) is 16.2. The molecular weight excluding hydrogens is 412 g/mol. The Morgan fingerprint density at radius 3 is 2.58 bits per heavy atom. The van der Waals surface area contributed by atoms with Gasteiger partial charge in [-0.2, -0.15) is 5.10 Å². The van der Waals surface area contributed by atoms with E-state index >= 15 is 0 Å². The van der Waals surface area contributed by atoms with E-state index in [1.807, 2.05) is 28.9 Å². The first-order valence-electron chi connectivity index (χ1n) is 11.9. The van der Waals surface area contributed by atoms with Gasteiger partial charge < -0.3 is 10.1 Å². The van der Waals surface area contributed by atoms with Gasteiger partial charge in [-0.25, -0.2) is 4.68 Å². The second kappa shape index (κ2) is 9.89. The molecule has 2 aromatic carbocycles. The van der Waals surface area contributed by atoms with Crippen molar-refractivity contribution in [3.05, 3.63) is 83.2 Å². The van der Waals surface area contributed by atoms with E-state index in [4.69, 9.17) is 9.84 Å². The van der Waals surface area contributed by atoms with Crippen LogP contribution in [0.4, 0.5) is 0 Å². The predicted molar refractivity (Wildman–Crippen MR) is 129 cm³/mol. The van der Waals surface area contributed by atoms with Gasteiger partial charge in [0, 0.05) is 38.7 Å². The average molecular weight is 445 g/mol. The number of nitrogens with zero attached hydrogens (tertiary/aromatic N) is 3. The number of carbonyl (C=O) groups excluding carboxylic acids is 1. The molecule has 0 spiro atoms. The number of aromatic nitrogens is 2. The number of amides is 1. The summed E-state index contributed by atoms with van der Waals surface area (Å²) in [5, 5.41) is 8.25. The molecule has 172 valence electrons. The van der Waals surface area contributed by atoms with Crippen LogP contribution in [0.2, 0.25) is 0 Å². The molecule has 5 rings (SSSR count). The normalized spacial score (nSPS) is 20.2. The number of fused-ring (bicyclic) bond motifs is 1. The molecular formula is C27H32N4O2. The third-order valence-corrected chi connectivity index (χ3v) is 6.92. The predicted octanol–water partition coefficient (Wildman–Crippen LogP) is 3.13. The van der Waals surface area contributed by atoms with Crippen LogP contribution in [0.1, 0.15) is 34.9 Å². The Labute approximate surface area is 195 Å². The molecule has 0 saturated carbocycles. The molecule has 33 heavy (non-hydrogen) atoms. The summed E-state index contributed by atoms with van der Waals surface area (Å²) in [4.78, 5) is 15.7. The lowest BCUT2D eigenvalue weighted by atomic mass is 9.94. The smallest absolute Gasteiger partial charge is 0.226 e. The maximum atomic E-state index is 13.4. The molecule has 1 aromatic heterocycles. The van der Waals surface area contributed by atoms with Crippen LogP contribution in [0.5, 0.6) is 0 Å². The summed E-state index contributed by atoms with van der Waals surface area (Å²) in [5.74, 6) is 0.345. The van der Waals surface area contributed by atoms with Crippen LogP contribution >= 0.6 is 0 Å². The Balaban J connectivity index is 1.35. The highest BCUT2D eigenvalue weighted by atomic mass is 16.5. The topological polar surface area (TPSA) is 59.4 Å². The summed E-state index contributed by atoms with van der Waals surface area (Å²) in [7, 11) is 1.73. The maximum Gasteiger partial charge on any atom is 0.226 e. The van der Waals surface area contributed by atoms with E-state index in [-0.39, 0.29) is 17.9 Å². The van der Waals surface area contributed by atoms with Crippen LogP contribution in [-0.4, -0.2) is 60.0 Å². The van der Waals surface area contributed by atoms with Gasteiger partial charge in [-0.3, -0.25) is 9.69 Å². The molecule has 0 unspecified atom stereocenters. The van der Waals surface area contributed by atoms with Crippen molar-refractivity contribution in [3.63, 3.8) is 0 Å². The molecule has 2 atom stereocenters. The summed E-state index contributed by atoms with van der Waals surface area (Å²) < 4.78 is 7.27. The minimum absolute atomic E-state index is 0.0707. The number of methoxy groups -OCH3 is 1. The fraction of sp³-hybridized carbons (Fsp3) is 0.407. The van der Waals surface area contributed by atoms with Crippen molar-refractivity contribution in [3.8, 4) is 5.69 Å². The standard InChI is InChI=1S/C27H32N4O2/c1-33-16-15-30-18-23(20-9-4-2-5-10-20)25(19-30)28-27(32)17-26-22-13-8-14-24(22)29-31(26)21-11-6-3-7-12-21/h2-7,9-12,23,25H,8,13-19H2,1H3,(H,28,32)/t23-,25+/m0/s1. The van der Waals surface area contributed by atoms with Crippen molar-refractivity contribution >= 4 is 5.91 Å². The Bertz CT molecular complexity index is 1080. The SMILES string of the molecule is COCCN1C[C@@H](NC(=O)Cc2c3c(nn2-c2ccccc2)CCC3)[C@H](c2ccccc2)C1. The van der Waals surface area contributed by atoms with E-state index in [2.05, 4.69) is 46.6 Å². The summed E-state index contributed by atoms with van der Waals surface area (Å²) >= 11 is 0. The Kier molecular flexibility index (Phi) is 6.55. The number of aryl methyl sites for hydroxylation is 1. The Hall–Kier alpha value is -2.96. The second-order valence-electron chi connectivity index (χ2n) is 9.09. The summed E-state index contributed by atoms with van der Waals surface area (Å²) in [6.07, 6.45) is 3.48. The largest absolute Gasteiger partial charge is 0.383 e. The molecule has 1 fully saturated rings. The van der Waals surface area contributed by atoms with Crippen molar-refractivity contribution in [1.29, 1.82) is 0 Å². The molecule has 1 amide bonds. The number of rotatable bonds is 8. The van der Waals surface area contributed by atoms with Crippen molar-refractivity contribution in [1.82, 2.24) is 20.0 Å². The number of likely N-dealkylation sites (tertiary alicyclic amines) is 1. The van der Waals surface area contributed by atoms with Crippen LogP contribution in [0.25, 0.3) is 5.69 Å². The van der Waals surface area contributed by atoms with Crippen molar-refractivity contribution < 1.29 is 9.53 Å². The zero-order valence-corrected chi connectivity index (χ0v) is 19.2. The lowest BCUT2D eigenvalue weighted by Gasteiger charge is -2.21. The average Bonchev–Trinajstić information content (AvgIpc) is 3.55. The second-order valence-corrected chi connectivity index (χ2v) is 9.09. The van der Waals surface area contributed by atoms with Gasteiger partial charge in [-0.1, -0.05) is 48.5 Å². The highest BCUT2D eigenvalue weighted by Crippen LogP contribution is 2.29. The third-order valence-electron chi connectivity index (χ3n) is 6.92. The van der Waals surface area contributed by atoms with Gasteiger partial charge in [0.15, 0.2) is 0 Å². The third kappa shape index (κ3) is 4.72. The monoisotopic (exact) mass is 444 g/mol. The molecule has 2 aliphatic rings. The number of ether oxygens (including phenoxy) is 1. The maximum absolute atomic E-state index is 13.4. The first-order valence-corrected chi connectivity index (χ1v) is 11.9. The molecule has 0 radical (unpaired) electrons. The number of hydrogen-bond donors (Lipinski definition) is 1. The van der Waals surface area contributed by atoms with Gasteiger partial charge in [0.2, 0.25) is 5.91 Å². The van der Waals surface area contributed by atoms with Gasteiger partial charge in [0.05, 0.1) is 30.1 Å².